The minimum atomic E-state index is -3.86. The zero-order valence-corrected chi connectivity index (χ0v) is 11.9. The number of sulfonamides is 1. The summed E-state index contributed by atoms with van der Waals surface area (Å²) in [5, 5.41) is -0.517. The molecule has 2 aliphatic rings. The minimum absolute atomic E-state index is 0.303. The van der Waals surface area contributed by atoms with Crippen molar-refractivity contribution in [2.24, 2.45) is 5.92 Å². The standard InChI is InChI=1S/C13H18FN3O2S/c14-12-2-1-6-15-13(12)20(18,19)16-8-10-5-7-17(9-10)11-3-4-11/h1-2,6,10-11,16H,3-5,7-9H2. The molecule has 1 atom stereocenters. The van der Waals surface area contributed by atoms with Crippen LogP contribution in [0, 0.1) is 11.7 Å². The van der Waals surface area contributed by atoms with Crippen LogP contribution in [0.1, 0.15) is 19.3 Å². The molecule has 1 aromatic heterocycles. The summed E-state index contributed by atoms with van der Waals surface area (Å²) in [6.45, 7) is 2.31. The van der Waals surface area contributed by atoms with Crippen molar-refractivity contribution >= 4 is 10.0 Å². The molecule has 5 nitrogen and oxygen atoms in total. The van der Waals surface area contributed by atoms with E-state index < -0.39 is 20.9 Å². The van der Waals surface area contributed by atoms with Crippen LogP contribution in [0.4, 0.5) is 4.39 Å². The zero-order chi connectivity index (χ0) is 14.2. The van der Waals surface area contributed by atoms with Crippen LogP contribution in [-0.2, 0) is 10.0 Å². The Bertz CT molecular complexity index is 589. The Hall–Kier alpha value is -1.05. The van der Waals surface area contributed by atoms with E-state index in [4.69, 9.17) is 0 Å². The Morgan fingerprint density at radius 3 is 2.90 bits per heavy atom. The van der Waals surface area contributed by atoms with Gasteiger partial charge in [-0.05, 0) is 43.9 Å². The first-order valence-electron chi connectivity index (χ1n) is 6.90. The van der Waals surface area contributed by atoms with Gasteiger partial charge in [-0.15, -0.1) is 0 Å². The Morgan fingerprint density at radius 2 is 2.20 bits per heavy atom. The first-order chi connectivity index (χ1) is 9.56. The summed E-state index contributed by atoms with van der Waals surface area (Å²) in [4.78, 5) is 6.03. The van der Waals surface area contributed by atoms with Gasteiger partial charge in [0.25, 0.3) is 10.0 Å². The Kier molecular flexibility index (Phi) is 3.74. The number of pyridine rings is 1. The SMILES string of the molecule is O=S(=O)(NCC1CCN(C2CC2)C1)c1ncccc1F. The molecule has 1 aromatic rings. The van der Waals surface area contributed by atoms with Gasteiger partial charge in [0.1, 0.15) is 0 Å². The summed E-state index contributed by atoms with van der Waals surface area (Å²) in [6, 6.07) is 3.19. The van der Waals surface area contributed by atoms with Crippen molar-refractivity contribution < 1.29 is 12.8 Å². The van der Waals surface area contributed by atoms with Gasteiger partial charge in [0.2, 0.25) is 5.03 Å². The van der Waals surface area contributed by atoms with Crippen LogP contribution in [0.15, 0.2) is 23.4 Å². The van der Waals surface area contributed by atoms with Gasteiger partial charge >= 0.3 is 0 Å². The molecule has 0 spiro atoms. The van der Waals surface area contributed by atoms with Crippen molar-refractivity contribution in [1.29, 1.82) is 0 Å². The van der Waals surface area contributed by atoms with Crippen LogP contribution in [0.25, 0.3) is 0 Å². The van der Waals surface area contributed by atoms with Crippen molar-refractivity contribution in [2.45, 2.75) is 30.3 Å². The fourth-order valence-electron chi connectivity index (χ4n) is 2.67. The summed E-state index contributed by atoms with van der Waals surface area (Å²) in [7, 11) is -3.86. The van der Waals surface area contributed by atoms with Gasteiger partial charge in [-0.1, -0.05) is 0 Å². The first kappa shape index (κ1) is 13.9. The van der Waals surface area contributed by atoms with Crippen LogP contribution in [0.2, 0.25) is 0 Å². The fraction of sp³-hybridized carbons (Fsp3) is 0.615. The van der Waals surface area contributed by atoms with Crippen LogP contribution < -0.4 is 4.72 Å². The topological polar surface area (TPSA) is 62.3 Å². The lowest BCUT2D eigenvalue weighted by Crippen LogP contribution is -2.32. The highest BCUT2D eigenvalue weighted by molar-refractivity contribution is 7.89. The maximum Gasteiger partial charge on any atom is 0.261 e. The second-order valence-corrected chi connectivity index (χ2v) is 7.21. The van der Waals surface area contributed by atoms with Gasteiger partial charge in [-0.2, -0.15) is 0 Å². The van der Waals surface area contributed by atoms with E-state index >= 15 is 0 Å². The smallest absolute Gasteiger partial charge is 0.261 e. The molecular formula is C13H18FN3O2S. The van der Waals surface area contributed by atoms with E-state index in [0.29, 0.717) is 18.5 Å². The molecule has 1 N–H and O–H groups in total. The normalized spacial score (nSPS) is 24.1. The van der Waals surface area contributed by atoms with E-state index in [1.54, 1.807) is 0 Å². The predicted molar refractivity (Wildman–Crippen MR) is 72.1 cm³/mol. The quantitative estimate of drug-likeness (QED) is 0.880. The maximum absolute atomic E-state index is 13.5. The second kappa shape index (κ2) is 5.38. The average Bonchev–Trinajstić information content (AvgIpc) is 3.16. The summed E-state index contributed by atoms with van der Waals surface area (Å²) in [5.74, 6) is -0.511. The largest absolute Gasteiger partial charge is 0.300 e. The zero-order valence-electron chi connectivity index (χ0n) is 11.1. The molecular weight excluding hydrogens is 281 g/mol. The molecule has 20 heavy (non-hydrogen) atoms. The van der Waals surface area contributed by atoms with Gasteiger partial charge < -0.3 is 4.90 Å². The van der Waals surface area contributed by atoms with E-state index in [0.717, 1.165) is 25.6 Å². The van der Waals surface area contributed by atoms with Gasteiger partial charge in [-0.25, -0.2) is 22.5 Å². The number of nitrogens with one attached hydrogen (secondary N) is 1. The van der Waals surface area contributed by atoms with Crippen molar-refractivity contribution in [2.75, 3.05) is 19.6 Å². The molecule has 2 fully saturated rings. The third kappa shape index (κ3) is 2.99. The molecule has 0 radical (unpaired) electrons. The maximum atomic E-state index is 13.5. The molecule has 0 aromatic carbocycles. The molecule has 2 heterocycles. The highest BCUT2D eigenvalue weighted by atomic mass is 32.2. The molecule has 3 rings (SSSR count). The Labute approximate surface area is 118 Å². The highest BCUT2D eigenvalue weighted by Crippen LogP contribution is 2.31. The lowest BCUT2D eigenvalue weighted by atomic mass is 10.1. The number of nitrogens with zero attached hydrogens (tertiary/aromatic N) is 2. The molecule has 0 amide bonds. The van der Waals surface area contributed by atoms with Crippen molar-refractivity contribution in [3.63, 3.8) is 0 Å². The van der Waals surface area contributed by atoms with Gasteiger partial charge in [0, 0.05) is 25.3 Å². The van der Waals surface area contributed by atoms with Gasteiger partial charge in [0.05, 0.1) is 0 Å². The van der Waals surface area contributed by atoms with E-state index in [2.05, 4.69) is 14.6 Å². The Morgan fingerprint density at radius 1 is 1.40 bits per heavy atom. The summed E-state index contributed by atoms with van der Waals surface area (Å²) >= 11 is 0. The third-order valence-corrected chi connectivity index (χ3v) is 5.28. The van der Waals surface area contributed by atoms with Crippen LogP contribution >= 0.6 is 0 Å². The number of halogens is 1. The number of likely N-dealkylation sites (tertiary alicyclic amines) is 1. The molecule has 1 aliphatic carbocycles. The van der Waals surface area contributed by atoms with Crippen LogP contribution in [0.5, 0.6) is 0 Å². The molecule has 1 saturated heterocycles. The molecule has 1 aliphatic heterocycles. The number of hydrogen-bond acceptors (Lipinski definition) is 4. The van der Waals surface area contributed by atoms with E-state index in [9.17, 15) is 12.8 Å². The highest BCUT2D eigenvalue weighted by Gasteiger charge is 2.34. The van der Waals surface area contributed by atoms with Crippen molar-refractivity contribution in [1.82, 2.24) is 14.6 Å². The Balaban J connectivity index is 1.59. The molecule has 7 heteroatoms. The molecule has 110 valence electrons. The van der Waals surface area contributed by atoms with Crippen molar-refractivity contribution in [3.05, 3.63) is 24.1 Å². The minimum Gasteiger partial charge on any atom is -0.300 e. The third-order valence-electron chi connectivity index (χ3n) is 3.92. The van der Waals surface area contributed by atoms with E-state index in [-0.39, 0.29) is 0 Å². The van der Waals surface area contributed by atoms with Gasteiger partial charge in [-0.3, -0.25) is 0 Å². The van der Waals surface area contributed by atoms with Crippen molar-refractivity contribution in [3.8, 4) is 0 Å². The predicted octanol–water partition coefficient (Wildman–Crippen LogP) is 0.983. The van der Waals surface area contributed by atoms with Crippen LogP contribution in [0.3, 0.4) is 0 Å². The summed E-state index contributed by atoms with van der Waals surface area (Å²) < 4.78 is 40.0. The number of rotatable bonds is 5. The summed E-state index contributed by atoms with van der Waals surface area (Å²) in [6.07, 6.45) is 4.79. The monoisotopic (exact) mass is 299 g/mol. The first-order valence-corrected chi connectivity index (χ1v) is 8.39. The number of aromatic nitrogens is 1. The molecule has 0 bridgehead atoms. The molecule has 1 saturated carbocycles. The molecule has 1 unspecified atom stereocenters. The summed E-state index contributed by atoms with van der Waals surface area (Å²) in [5.41, 5.74) is 0. The second-order valence-electron chi connectivity index (χ2n) is 5.52. The average molecular weight is 299 g/mol. The lowest BCUT2D eigenvalue weighted by Gasteiger charge is -2.15. The van der Waals surface area contributed by atoms with Crippen LogP contribution in [-0.4, -0.2) is 44.0 Å². The van der Waals surface area contributed by atoms with E-state index in [1.165, 1.54) is 25.1 Å². The lowest BCUT2D eigenvalue weighted by molar-refractivity contribution is 0.314. The fourth-order valence-corrected chi connectivity index (χ4v) is 3.78. The van der Waals surface area contributed by atoms with E-state index in [1.807, 2.05) is 0 Å². The van der Waals surface area contributed by atoms with Gasteiger partial charge in [0.15, 0.2) is 5.82 Å². The number of hydrogen-bond donors (Lipinski definition) is 1.